The first-order valence-electron chi connectivity index (χ1n) is 8.46. The number of carbonyl (C=O) groups excluding carboxylic acids is 1. The van der Waals surface area contributed by atoms with Crippen molar-refractivity contribution < 1.29 is 13.2 Å². The van der Waals surface area contributed by atoms with Crippen LogP contribution in [0, 0.1) is 5.92 Å². The van der Waals surface area contributed by atoms with Crippen molar-refractivity contribution in [3.8, 4) is 0 Å². The maximum absolute atomic E-state index is 12.6. The van der Waals surface area contributed by atoms with Crippen LogP contribution in [0.4, 0.5) is 5.69 Å². The van der Waals surface area contributed by atoms with E-state index in [4.69, 9.17) is 0 Å². The van der Waals surface area contributed by atoms with E-state index >= 15 is 0 Å². The molecule has 1 aromatic rings. The van der Waals surface area contributed by atoms with Crippen LogP contribution in [-0.2, 0) is 21.2 Å². The van der Waals surface area contributed by atoms with Crippen molar-refractivity contribution in [1.82, 2.24) is 9.62 Å². The molecule has 1 amide bonds. The smallest absolute Gasteiger partial charge is 0.242 e. The summed E-state index contributed by atoms with van der Waals surface area (Å²) in [7, 11) is -0.456. The number of sulfonamides is 1. The van der Waals surface area contributed by atoms with E-state index in [0.717, 1.165) is 43.6 Å². The van der Waals surface area contributed by atoms with Crippen LogP contribution >= 0.6 is 12.4 Å². The van der Waals surface area contributed by atoms with E-state index in [2.05, 4.69) is 5.32 Å². The van der Waals surface area contributed by atoms with Crippen LogP contribution in [0.5, 0.6) is 0 Å². The van der Waals surface area contributed by atoms with Gasteiger partial charge in [0, 0.05) is 32.7 Å². The highest BCUT2D eigenvalue weighted by molar-refractivity contribution is 7.89. The van der Waals surface area contributed by atoms with Gasteiger partial charge in [-0.1, -0.05) is 6.07 Å². The number of nitrogens with zero attached hydrogens (tertiary/aromatic N) is 2. The predicted octanol–water partition coefficient (Wildman–Crippen LogP) is 1.64. The van der Waals surface area contributed by atoms with Gasteiger partial charge in [-0.05, 0) is 56.0 Å². The Bertz CT molecular complexity index is 731. The molecule has 25 heavy (non-hydrogen) atoms. The molecule has 0 aromatic heterocycles. The maximum Gasteiger partial charge on any atom is 0.242 e. The monoisotopic (exact) mass is 387 g/mol. The minimum atomic E-state index is -3.49. The average molecular weight is 388 g/mol. The molecule has 2 aliphatic heterocycles. The fourth-order valence-corrected chi connectivity index (χ4v) is 4.33. The number of hydrogen-bond acceptors (Lipinski definition) is 4. The van der Waals surface area contributed by atoms with Gasteiger partial charge < -0.3 is 10.2 Å². The molecule has 1 atom stereocenters. The first kappa shape index (κ1) is 20.2. The summed E-state index contributed by atoms with van der Waals surface area (Å²) in [6, 6.07) is 5.11. The van der Waals surface area contributed by atoms with Gasteiger partial charge in [-0.25, -0.2) is 12.7 Å². The Morgan fingerprint density at radius 1 is 1.36 bits per heavy atom. The third-order valence-electron chi connectivity index (χ3n) is 4.96. The second-order valence-corrected chi connectivity index (χ2v) is 8.92. The average Bonchev–Trinajstić information content (AvgIpc) is 3.21. The zero-order chi connectivity index (χ0) is 17.3. The Balaban J connectivity index is 0.00000225. The quantitative estimate of drug-likeness (QED) is 0.833. The molecule has 1 N–H and O–H groups in total. The van der Waals surface area contributed by atoms with Crippen LogP contribution in [-0.4, -0.2) is 52.4 Å². The Labute approximate surface area is 156 Å². The molecule has 0 spiro atoms. The van der Waals surface area contributed by atoms with Crippen LogP contribution in [0.3, 0.4) is 0 Å². The van der Waals surface area contributed by atoms with Crippen molar-refractivity contribution in [3.05, 3.63) is 23.8 Å². The number of fused-ring (bicyclic) bond motifs is 1. The minimum Gasteiger partial charge on any atom is -0.316 e. The van der Waals surface area contributed by atoms with Crippen LogP contribution in [0.1, 0.15) is 24.8 Å². The van der Waals surface area contributed by atoms with Crippen LogP contribution in [0.25, 0.3) is 0 Å². The Kier molecular flexibility index (Phi) is 6.48. The molecule has 1 aromatic carbocycles. The largest absolute Gasteiger partial charge is 0.316 e. The van der Waals surface area contributed by atoms with Crippen molar-refractivity contribution in [3.63, 3.8) is 0 Å². The van der Waals surface area contributed by atoms with E-state index < -0.39 is 10.0 Å². The van der Waals surface area contributed by atoms with E-state index in [9.17, 15) is 13.2 Å². The molecule has 140 valence electrons. The van der Waals surface area contributed by atoms with Crippen molar-refractivity contribution in [2.45, 2.75) is 30.6 Å². The molecule has 0 bridgehead atoms. The molecule has 0 radical (unpaired) electrons. The number of carbonyl (C=O) groups is 1. The van der Waals surface area contributed by atoms with E-state index in [1.54, 1.807) is 17.0 Å². The molecule has 1 fully saturated rings. The van der Waals surface area contributed by atoms with Gasteiger partial charge in [0.15, 0.2) is 0 Å². The summed E-state index contributed by atoms with van der Waals surface area (Å²) in [5.41, 5.74) is 1.80. The lowest BCUT2D eigenvalue weighted by Crippen LogP contribution is -2.29. The topological polar surface area (TPSA) is 69.7 Å². The van der Waals surface area contributed by atoms with Crippen LogP contribution in [0.2, 0.25) is 0 Å². The SMILES string of the molecule is CN(C)S(=O)(=O)c1ccc2c(c1)N(C(=O)CCC1CCNC1)CC2.Cl. The molecule has 1 saturated heterocycles. The number of nitrogens with one attached hydrogen (secondary N) is 1. The number of benzene rings is 1. The molecule has 1 unspecified atom stereocenters. The summed E-state index contributed by atoms with van der Waals surface area (Å²) in [5.74, 6) is 0.677. The van der Waals surface area contributed by atoms with Crippen molar-refractivity contribution in [2.75, 3.05) is 38.6 Å². The summed E-state index contributed by atoms with van der Waals surface area (Å²) < 4.78 is 25.8. The molecule has 2 aliphatic rings. The predicted molar refractivity (Wildman–Crippen MR) is 101 cm³/mol. The van der Waals surface area contributed by atoms with Gasteiger partial charge in [0.25, 0.3) is 0 Å². The van der Waals surface area contributed by atoms with Gasteiger partial charge in [-0.2, -0.15) is 0 Å². The number of hydrogen-bond donors (Lipinski definition) is 1. The third kappa shape index (κ3) is 4.16. The van der Waals surface area contributed by atoms with Gasteiger partial charge in [0.1, 0.15) is 0 Å². The number of halogens is 1. The first-order valence-corrected chi connectivity index (χ1v) is 9.90. The lowest BCUT2D eigenvalue weighted by Gasteiger charge is -2.19. The molecular formula is C17H26ClN3O3S. The fourth-order valence-electron chi connectivity index (χ4n) is 3.41. The molecule has 0 aliphatic carbocycles. The number of rotatable bonds is 5. The Morgan fingerprint density at radius 3 is 2.76 bits per heavy atom. The molecule has 0 saturated carbocycles. The Morgan fingerprint density at radius 2 is 2.12 bits per heavy atom. The molecule has 8 heteroatoms. The van der Waals surface area contributed by atoms with Gasteiger partial charge in [-0.3, -0.25) is 4.79 Å². The second kappa shape index (κ2) is 8.03. The molecule has 6 nitrogen and oxygen atoms in total. The van der Waals surface area contributed by atoms with Gasteiger partial charge >= 0.3 is 0 Å². The molecule has 3 rings (SSSR count). The van der Waals surface area contributed by atoms with Gasteiger partial charge in [0.2, 0.25) is 15.9 Å². The highest BCUT2D eigenvalue weighted by atomic mass is 35.5. The zero-order valence-electron chi connectivity index (χ0n) is 14.7. The molecular weight excluding hydrogens is 362 g/mol. The number of amides is 1. The van der Waals surface area contributed by atoms with E-state index in [0.29, 0.717) is 18.9 Å². The van der Waals surface area contributed by atoms with Crippen molar-refractivity contribution in [2.24, 2.45) is 5.92 Å². The van der Waals surface area contributed by atoms with E-state index in [1.165, 1.54) is 18.4 Å². The zero-order valence-corrected chi connectivity index (χ0v) is 16.3. The lowest BCUT2D eigenvalue weighted by molar-refractivity contribution is -0.118. The summed E-state index contributed by atoms with van der Waals surface area (Å²) in [6.45, 7) is 2.68. The lowest BCUT2D eigenvalue weighted by atomic mass is 10.0. The highest BCUT2D eigenvalue weighted by Gasteiger charge is 2.28. The summed E-state index contributed by atoms with van der Waals surface area (Å²) in [6.07, 6.45) is 3.34. The normalized spacial score (nSPS) is 19.8. The first-order chi connectivity index (χ1) is 11.4. The summed E-state index contributed by atoms with van der Waals surface area (Å²) >= 11 is 0. The summed E-state index contributed by atoms with van der Waals surface area (Å²) in [4.78, 5) is 14.6. The number of anilines is 1. The van der Waals surface area contributed by atoms with Crippen LogP contribution < -0.4 is 10.2 Å². The van der Waals surface area contributed by atoms with E-state index in [-0.39, 0.29) is 23.2 Å². The van der Waals surface area contributed by atoms with Gasteiger partial charge in [0.05, 0.1) is 4.90 Å². The maximum atomic E-state index is 12.6. The van der Waals surface area contributed by atoms with Crippen molar-refractivity contribution >= 4 is 34.0 Å². The van der Waals surface area contributed by atoms with Crippen molar-refractivity contribution in [1.29, 1.82) is 0 Å². The third-order valence-corrected chi connectivity index (χ3v) is 6.77. The second-order valence-electron chi connectivity index (χ2n) is 6.77. The van der Waals surface area contributed by atoms with Crippen LogP contribution in [0.15, 0.2) is 23.1 Å². The fraction of sp³-hybridized carbons (Fsp3) is 0.588. The highest BCUT2D eigenvalue weighted by Crippen LogP contribution is 2.32. The Hall–Kier alpha value is -1.15. The summed E-state index contributed by atoms with van der Waals surface area (Å²) in [5, 5.41) is 3.32. The standard InChI is InChI=1S/C17H25N3O3S.ClH/c1-19(2)24(22,23)15-5-4-14-8-10-20(16(14)11-15)17(21)6-3-13-7-9-18-12-13;/h4-5,11,13,18H,3,6-10,12H2,1-2H3;1H. The van der Waals surface area contributed by atoms with Gasteiger partial charge in [-0.15, -0.1) is 12.4 Å². The van der Waals surface area contributed by atoms with E-state index in [1.807, 2.05) is 6.07 Å². The minimum absolute atomic E-state index is 0. The molecule has 2 heterocycles.